The highest BCUT2D eigenvalue weighted by Gasteiger charge is 2.18. The van der Waals surface area contributed by atoms with Crippen molar-refractivity contribution in [1.82, 2.24) is 19.9 Å². The molecule has 2 aromatic rings. The Morgan fingerprint density at radius 3 is 2.78 bits per heavy atom. The third kappa shape index (κ3) is 2.95. The molecule has 98 valence electrons. The molecule has 0 saturated carbocycles. The smallest absolute Gasteiger partial charge is 0.241 e. The van der Waals surface area contributed by atoms with Crippen LogP contribution in [-0.4, -0.2) is 30.1 Å². The van der Waals surface area contributed by atoms with Gasteiger partial charge in [-0.15, -0.1) is 11.3 Å². The maximum Gasteiger partial charge on any atom is 0.241 e. The van der Waals surface area contributed by atoms with Gasteiger partial charge in [0.2, 0.25) is 10.0 Å². The van der Waals surface area contributed by atoms with E-state index in [2.05, 4.69) is 19.9 Å². The number of H-pyrrole nitrogens is 1. The van der Waals surface area contributed by atoms with Crippen LogP contribution in [0.2, 0.25) is 0 Å². The monoisotopic (exact) mass is 286 g/mol. The Balaban J connectivity index is 2.02. The van der Waals surface area contributed by atoms with Crippen LogP contribution in [0.4, 0.5) is 0 Å². The Hall–Kier alpha value is -1.25. The Labute approximate surface area is 110 Å². The largest absolute Gasteiger partial charge is 0.263 e. The molecule has 0 atom stereocenters. The summed E-state index contributed by atoms with van der Waals surface area (Å²) in [5.41, 5.74) is 0. The predicted octanol–water partition coefficient (Wildman–Crippen LogP) is 1.00. The van der Waals surface area contributed by atoms with Gasteiger partial charge in [0.1, 0.15) is 12.2 Å². The molecule has 0 bridgehead atoms. The molecular weight excluding hydrogens is 272 g/mol. The SMILES string of the molecule is Cc1cc(S(=O)(=O)NCCc2ncn[nH]2)c(C)s1. The molecule has 0 aliphatic carbocycles. The predicted molar refractivity (Wildman–Crippen MR) is 69.1 cm³/mol. The number of aromatic nitrogens is 3. The second-order valence-corrected chi connectivity index (χ2v) is 7.05. The van der Waals surface area contributed by atoms with Crippen molar-refractivity contribution < 1.29 is 8.42 Å². The summed E-state index contributed by atoms with van der Waals surface area (Å²) in [6, 6.07) is 1.69. The fourth-order valence-electron chi connectivity index (χ4n) is 1.61. The lowest BCUT2D eigenvalue weighted by Crippen LogP contribution is -2.26. The molecule has 2 heterocycles. The molecule has 18 heavy (non-hydrogen) atoms. The third-order valence-corrected chi connectivity index (χ3v) is 5.09. The molecule has 6 nitrogen and oxygen atoms in total. The summed E-state index contributed by atoms with van der Waals surface area (Å²) in [6.45, 7) is 4.00. The fraction of sp³-hybridized carbons (Fsp3) is 0.400. The number of hydrogen-bond donors (Lipinski definition) is 2. The van der Waals surface area contributed by atoms with Crippen molar-refractivity contribution in [3.63, 3.8) is 0 Å². The van der Waals surface area contributed by atoms with Crippen LogP contribution in [0.3, 0.4) is 0 Å². The molecule has 0 fully saturated rings. The maximum absolute atomic E-state index is 12.0. The van der Waals surface area contributed by atoms with Crippen LogP contribution >= 0.6 is 11.3 Å². The van der Waals surface area contributed by atoms with Crippen molar-refractivity contribution in [2.75, 3.05) is 6.54 Å². The average Bonchev–Trinajstić information content (AvgIpc) is 2.88. The number of sulfonamides is 1. The zero-order chi connectivity index (χ0) is 13.2. The van der Waals surface area contributed by atoms with Crippen LogP contribution in [0.15, 0.2) is 17.3 Å². The molecule has 0 amide bonds. The Morgan fingerprint density at radius 1 is 1.44 bits per heavy atom. The summed E-state index contributed by atoms with van der Waals surface area (Å²) in [5.74, 6) is 0.663. The minimum Gasteiger partial charge on any atom is -0.263 e. The van der Waals surface area contributed by atoms with Gasteiger partial charge in [0.25, 0.3) is 0 Å². The first-order valence-electron chi connectivity index (χ1n) is 5.40. The van der Waals surface area contributed by atoms with E-state index in [-0.39, 0.29) is 0 Å². The summed E-state index contributed by atoms with van der Waals surface area (Å²) >= 11 is 1.48. The highest BCUT2D eigenvalue weighted by atomic mass is 32.2. The molecule has 0 saturated heterocycles. The van der Waals surface area contributed by atoms with Gasteiger partial charge in [-0.1, -0.05) is 0 Å². The summed E-state index contributed by atoms with van der Waals surface area (Å²) < 4.78 is 26.6. The molecule has 8 heteroatoms. The van der Waals surface area contributed by atoms with Crippen molar-refractivity contribution in [2.24, 2.45) is 0 Å². The zero-order valence-corrected chi connectivity index (χ0v) is 11.7. The van der Waals surface area contributed by atoms with E-state index in [0.29, 0.717) is 23.7 Å². The summed E-state index contributed by atoms with van der Waals surface area (Å²) in [6.07, 6.45) is 1.89. The third-order valence-electron chi connectivity index (χ3n) is 2.40. The summed E-state index contributed by atoms with van der Waals surface area (Å²) in [5, 5.41) is 6.39. The van der Waals surface area contributed by atoms with Gasteiger partial charge in [-0.25, -0.2) is 18.1 Å². The van der Waals surface area contributed by atoms with Gasteiger partial charge < -0.3 is 0 Å². The van der Waals surface area contributed by atoms with Crippen LogP contribution in [0.1, 0.15) is 15.6 Å². The standard InChI is InChI=1S/C10H14N4O2S2/c1-7-5-9(8(2)17-7)18(15,16)13-4-3-10-11-6-12-14-10/h5-6,13H,3-4H2,1-2H3,(H,11,12,14). The second-order valence-electron chi connectivity index (χ2n) is 3.86. The number of aryl methyl sites for hydroxylation is 2. The topological polar surface area (TPSA) is 87.7 Å². The molecule has 2 rings (SSSR count). The van der Waals surface area contributed by atoms with E-state index in [1.807, 2.05) is 13.8 Å². The Kier molecular flexibility index (Phi) is 3.79. The van der Waals surface area contributed by atoms with Gasteiger partial charge in [-0.2, -0.15) is 5.10 Å². The molecule has 0 aromatic carbocycles. The number of hydrogen-bond acceptors (Lipinski definition) is 5. The minimum absolute atomic E-state index is 0.297. The molecular formula is C10H14N4O2S2. The first kappa shape index (κ1) is 13.2. The van der Waals surface area contributed by atoms with Gasteiger partial charge in [-0.05, 0) is 19.9 Å². The maximum atomic E-state index is 12.0. The lowest BCUT2D eigenvalue weighted by molar-refractivity contribution is 0.580. The Bertz CT molecular complexity index is 616. The van der Waals surface area contributed by atoms with Gasteiger partial charge in [0.15, 0.2) is 0 Å². The number of nitrogens with one attached hydrogen (secondary N) is 2. The summed E-state index contributed by atoms with van der Waals surface area (Å²) in [7, 11) is -3.42. The number of nitrogens with zero attached hydrogens (tertiary/aromatic N) is 2. The van der Waals surface area contributed by atoms with Gasteiger partial charge >= 0.3 is 0 Å². The van der Waals surface area contributed by atoms with Gasteiger partial charge in [-0.3, -0.25) is 5.10 Å². The highest BCUT2D eigenvalue weighted by Crippen LogP contribution is 2.24. The zero-order valence-electron chi connectivity index (χ0n) is 10.1. The van der Waals surface area contributed by atoms with E-state index < -0.39 is 10.0 Å². The summed E-state index contributed by atoms with van der Waals surface area (Å²) in [4.78, 5) is 6.09. The van der Waals surface area contributed by atoms with E-state index in [1.165, 1.54) is 17.7 Å². The number of rotatable bonds is 5. The van der Waals surface area contributed by atoms with E-state index in [4.69, 9.17) is 0 Å². The molecule has 0 unspecified atom stereocenters. The lowest BCUT2D eigenvalue weighted by atomic mass is 10.4. The lowest BCUT2D eigenvalue weighted by Gasteiger charge is -2.04. The fourth-order valence-corrected chi connectivity index (χ4v) is 4.19. The van der Waals surface area contributed by atoms with Crippen molar-refractivity contribution in [1.29, 1.82) is 0 Å². The molecule has 0 spiro atoms. The van der Waals surface area contributed by atoms with Crippen LogP contribution in [-0.2, 0) is 16.4 Å². The van der Waals surface area contributed by atoms with Crippen LogP contribution in [0.5, 0.6) is 0 Å². The quantitative estimate of drug-likeness (QED) is 0.858. The Morgan fingerprint density at radius 2 is 2.22 bits per heavy atom. The van der Waals surface area contributed by atoms with Crippen molar-refractivity contribution in [3.05, 3.63) is 28.0 Å². The molecule has 0 radical (unpaired) electrons. The number of thiophene rings is 1. The van der Waals surface area contributed by atoms with E-state index in [9.17, 15) is 8.42 Å². The minimum atomic E-state index is -3.42. The first-order valence-corrected chi connectivity index (χ1v) is 7.70. The van der Waals surface area contributed by atoms with E-state index >= 15 is 0 Å². The second kappa shape index (κ2) is 5.17. The molecule has 2 N–H and O–H groups in total. The van der Waals surface area contributed by atoms with Crippen LogP contribution in [0.25, 0.3) is 0 Å². The molecule has 0 aliphatic rings. The normalized spacial score (nSPS) is 11.9. The molecule has 0 aliphatic heterocycles. The van der Waals surface area contributed by atoms with Crippen molar-refractivity contribution in [3.8, 4) is 0 Å². The van der Waals surface area contributed by atoms with Crippen molar-refractivity contribution in [2.45, 2.75) is 25.2 Å². The van der Waals surface area contributed by atoms with Crippen molar-refractivity contribution >= 4 is 21.4 Å². The number of aromatic amines is 1. The average molecular weight is 286 g/mol. The van der Waals surface area contributed by atoms with Gasteiger partial charge in [0.05, 0.1) is 4.90 Å². The van der Waals surface area contributed by atoms with E-state index in [1.54, 1.807) is 6.07 Å². The molecule has 2 aromatic heterocycles. The van der Waals surface area contributed by atoms with E-state index in [0.717, 1.165) is 9.75 Å². The first-order chi connectivity index (χ1) is 8.49. The van der Waals surface area contributed by atoms with Crippen LogP contribution in [0, 0.1) is 13.8 Å². The van der Waals surface area contributed by atoms with Crippen LogP contribution < -0.4 is 4.72 Å². The highest BCUT2D eigenvalue weighted by molar-refractivity contribution is 7.89. The van der Waals surface area contributed by atoms with Gasteiger partial charge in [0, 0.05) is 22.7 Å².